The molecule has 0 aliphatic carbocycles. The Kier molecular flexibility index (Phi) is 12.3. The van der Waals surface area contributed by atoms with Gasteiger partial charge in [0.2, 0.25) is 11.8 Å². The van der Waals surface area contributed by atoms with Crippen LogP contribution >= 0.6 is 23.2 Å². The first kappa shape index (κ1) is 33.4. The van der Waals surface area contributed by atoms with Gasteiger partial charge < -0.3 is 10.2 Å². The number of hydrogen-bond acceptors (Lipinski definition) is 4. The van der Waals surface area contributed by atoms with Gasteiger partial charge >= 0.3 is 0 Å². The Morgan fingerprint density at radius 1 is 0.929 bits per heavy atom. The van der Waals surface area contributed by atoms with Crippen molar-refractivity contribution in [1.82, 2.24) is 10.2 Å². The molecule has 226 valence electrons. The number of rotatable bonds is 14. The highest BCUT2D eigenvalue weighted by molar-refractivity contribution is 7.92. The largest absolute Gasteiger partial charge is 0.354 e. The SMILES string of the molecule is CCCCNC(=O)[C@H](CC)N(Cc1ccc(Cl)cc1Cl)C(=O)CN(c1ccc(C(C)C)cc1)S(=O)(=O)c1ccccc1. The Balaban J connectivity index is 2.06. The Bertz CT molecular complexity index is 1450. The Morgan fingerprint density at radius 3 is 2.17 bits per heavy atom. The fourth-order valence-corrected chi connectivity index (χ4v) is 6.44. The molecular weight excluding hydrogens is 593 g/mol. The van der Waals surface area contributed by atoms with Crippen LogP contribution in [0.5, 0.6) is 0 Å². The molecule has 3 aromatic carbocycles. The molecule has 1 atom stereocenters. The summed E-state index contributed by atoms with van der Waals surface area (Å²) in [7, 11) is -4.13. The van der Waals surface area contributed by atoms with E-state index in [1.165, 1.54) is 17.0 Å². The van der Waals surface area contributed by atoms with Crippen molar-refractivity contribution in [3.05, 3.63) is 94.0 Å². The maximum absolute atomic E-state index is 14.2. The monoisotopic (exact) mass is 631 g/mol. The van der Waals surface area contributed by atoms with Crippen LogP contribution in [0.25, 0.3) is 0 Å². The topological polar surface area (TPSA) is 86.8 Å². The van der Waals surface area contributed by atoms with Crippen LogP contribution in [-0.4, -0.2) is 44.3 Å². The number of benzene rings is 3. The second-order valence-electron chi connectivity index (χ2n) is 10.4. The van der Waals surface area contributed by atoms with Crippen molar-refractivity contribution in [3.8, 4) is 0 Å². The van der Waals surface area contributed by atoms with E-state index in [2.05, 4.69) is 5.32 Å². The molecule has 0 radical (unpaired) electrons. The molecule has 0 spiro atoms. The van der Waals surface area contributed by atoms with Gasteiger partial charge in [0.05, 0.1) is 10.6 Å². The average molecular weight is 633 g/mol. The van der Waals surface area contributed by atoms with E-state index in [1.54, 1.807) is 48.5 Å². The van der Waals surface area contributed by atoms with Crippen LogP contribution in [-0.2, 0) is 26.2 Å². The number of sulfonamides is 1. The minimum Gasteiger partial charge on any atom is -0.354 e. The maximum Gasteiger partial charge on any atom is 0.264 e. The Hall–Kier alpha value is -3.07. The molecule has 0 aliphatic rings. The molecule has 1 N–H and O–H groups in total. The first-order valence-electron chi connectivity index (χ1n) is 14.2. The highest BCUT2D eigenvalue weighted by Gasteiger charge is 2.34. The standard InChI is InChI=1S/C32H39Cl2N3O4S/c1-5-7-19-35-32(39)30(6-2)36(21-25-13-16-26(33)20-29(25)34)31(38)22-37(27-17-14-24(15-18-27)23(3)4)42(40,41)28-11-9-8-10-12-28/h8-18,20,23,30H,5-7,19,21-22H2,1-4H3,(H,35,39)/t30-/m0/s1. The lowest BCUT2D eigenvalue weighted by molar-refractivity contribution is -0.140. The summed E-state index contributed by atoms with van der Waals surface area (Å²) in [5, 5.41) is 3.71. The third kappa shape index (κ3) is 8.49. The van der Waals surface area contributed by atoms with E-state index < -0.39 is 28.5 Å². The minimum atomic E-state index is -4.13. The Morgan fingerprint density at radius 2 is 1.60 bits per heavy atom. The average Bonchev–Trinajstić information content (AvgIpc) is 2.97. The fourth-order valence-electron chi connectivity index (χ4n) is 4.53. The molecular formula is C32H39Cl2N3O4S. The quantitative estimate of drug-likeness (QED) is 0.193. The van der Waals surface area contributed by atoms with Gasteiger partial charge in [-0.05, 0) is 66.3 Å². The summed E-state index contributed by atoms with van der Waals surface area (Å²) in [5.74, 6) is -0.592. The number of anilines is 1. The molecule has 10 heteroatoms. The second kappa shape index (κ2) is 15.4. The van der Waals surface area contributed by atoms with Crippen molar-refractivity contribution in [2.24, 2.45) is 0 Å². The van der Waals surface area contributed by atoms with Gasteiger partial charge in [-0.3, -0.25) is 13.9 Å². The molecule has 0 saturated carbocycles. The van der Waals surface area contributed by atoms with Gasteiger partial charge in [-0.2, -0.15) is 0 Å². The van der Waals surface area contributed by atoms with Crippen molar-refractivity contribution < 1.29 is 18.0 Å². The number of carbonyl (C=O) groups is 2. The summed E-state index contributed by atoms with van der Waals surface area (Å²) in [6.45, 7) is 7.91. The van der Waals surface area contributed by atoms with E-state index in [4.69, 9.17) is 23.2 Å². The minimum absolute atomic E-state index is 0.0000514. The van der Waals surface area contributed by atoms with Crippen LogP contribution in [0.15, 0.2) is 77.7 Å². The molecule has 7 nitrogen and oxygen atoms in total. The summed E-state index contributed by atoms with van der Waals surface area (Å²) >= 11 is 12.6. The van der Waals surface area contributed by atoms with E-state index in [-0.39, 0.29) is 23.3 Å². The highest BCUT2D eigenvalue weighted by atomic mass is 35.5. The number of nitrogens with one attached hydrogen (secondary N) is 1. The van der Waals surface area contributed by atoms with Crippen LogP contribution in [0.4, 0.5) is 5.69 Å². The normalized spacial score (nSPS) is 12.2. The molecule has 0 bridgehead atoms. The second-order valence-corrected chi connectivity index (χ2v) is 13.1. The van der Waals surface area contributed by atoms with E-state index in [1.807, 2.05) is 39.8 Å². The predicted molar refractivity (Wildman–Crippen MR) is 171 cm³/mol. The van der Waals surface area contributed by atoms with Gasteiger partial charge in [-0.15, -0.1) is 0 Å². The molecule has 0 saturated heterocycles. The van der Waals surface area contributed by atoms with Crippen LogP contribution < -0.4 is 9.62 Å². The van der Waals surface area contributed by atoms with Crippen LogP contribution in [0.1, 0.15) is 64.0 Å². The Labute approximate surface area is 259 Å². The zero-order valence-electron chi connectivity index (χ0n) is 24.5. The van der Waals surface area contributed by atoms with Crippen molar-refractivity contribution >= 4 is 50.7 Å². The smallest absolute Gasteiger partial charge is 0.264 e. The summed E-state index contributed by atoms with van der Waals surface area (Å²) in [6.07, 6.45) is 2.03. The van der Waals surface area contributed by atoms with E-state index >= 15 is 0 Å². The molecule has 0 unspecified atom stereocenters. The number of carbonyl (C=O) groups excluding carboxylic acids is 2. The molecule has 0 aromatic heterocycles. The van der Waals surface area contributed by atoms with Gasteiger partial charge in [0.1, 0.15) is 12.6 Å². The lowest BCUT2D eigenvalue weighted by atomic mass is 10.0. The van der Waals surface area contributed by atoms with Crippen LogP contribution in [0, 0.1) is 0 Å². The molecule has 0 fully saturated rings. The highest BCUT2D eigenvalue weighted by Crippen LogP contribution is 2.28. The van der Waals surface area contributed by atoms with Gasteiger partial charge in [0, 0.05) is 23.1 Å². The number of unbranched alkanes of at least 4 members (excludes halogenated alkanes) is 1. The fraction of sp³-hybridized carbons (Fsp3) is 0.375. The number of halogens is 2. The summed E-state index contributed by atoms with van der Waals surface area (Å²) in [4.78, 5) is 28.9. The van der Waals surface area contributed by atoms with E-state index in [9.17, 15) is 18.0 Å². The van der Waals surface area contributed by atoms with Crippen LogP contribution in [0.2, 0.25) is 10.0 Å². The van der Waals surface area contributed by atoms with Crippen molar-refractivity contribution in [2.45, 2.75) is 70.4 Å². The predicted octanol–water partition coefficient (Wildman–Crippen LogP) is 7.04. The number of amides is 2. The zero-order valence-corrected chi connectivity index (χ0v) is 26.8. The maximum atomic E-state index is 14.2. The summed E-state index contributed by atoms with van der Waals surface area (Å²) < 4.78 is 29.0. The molecule has 2 amide bonds. The lowest BCUT2D eigenvalue weighted by Gasteiger charge is -2.33. The van der Waals surface area contributed by atoms with Gasteiger partial charge in [-0.25, -0.2) is 8.42 Å². The summed E-state index contributed by atoms with van der Waals surface area (Å²) in [5.41, 5.74) is 1.98. The third-order valence-corrected chi connectivity index (χ3v) is 9.40. The molecule has 42 heavy (non-hydrogen) atoms. The van der Waals surface area contributed by atoms with Crippen molar-refractivity contribution in [1.29, 1.82) is 0 Å². The van der Waals surface area contributed by atoms with Crippen LogP contribution in [0.3, 0.4) is 0 Å². The van der Waals surface area contributed by atoms with Crippen molar-refractivity contribution in [3.63, 3.8) is 0 Å². The first-order valence-corrected chi connectivity index (χ1v) is 16.4. The number of hydrogen-bond donors (Lipinski definition) is 1. The molecule has 3 aromatic rings. The molecule has 0 heterocycles. The molecule has 0 aliphatic heterocycles. The zero-order chi connectivity index (χ0) is 30.9. The van der Waals surface area contributed by atoms with E-state index in [0.717, 1.165) is 22.7 Å². The van der Waals surface area contributed by atoms with E-state index in [0.29, 0.717) is 34.3 Å². The van der Waals surface area contributed by atoms with Gasteiger partial charge in [0.25, 0.3) is 10.0 Å². The number of nitrogens with zero attached hydrogens (tertiary/aromatic N) is 2. The first-order chi connectivity index (χ1) is 20.0. The lowest BCUT2D eigenvalue weighted by Crippen LogP contribution is -2.52. The van der Waals surface area contributed by atoms with Gasteiger partial charge in [-0.1, -0.05) is 93.7 Å². The summed E-state index contributed by atoms with van der Waals surface area (Å²) in [6, 6.07) is 19.2. The van der Waals surface area contributed by atoms with Gasteiger partial charge in [0.15, 0.2) is 0 Å². The van der Waals surface area contributed by atoms with Crippen molar-refractivity contribution in [2.75, 3.05) is 17.4 Å². The third-order valence-electron chi connectivity index (χ3n) is 7.03. The molecule has 3 rings (SSSR count).